The second-order valence-electron chi connectivity index (χ2n) is 4.35. The molecule has 6 nitrogen and oxygen atoms in total. The van der Waals surface area contributed by atoms with E-state index in [9.17, 15) is 5.11 Å². The lowest BCUT2D eigenvalue weighted by Crippen LogP contribution is -2.37. The molecular formula is C10H19N5OS. The summed E-state index contributed by atoms with van der Waals surface area (Å²) in [7, 11) is 0. The number of aliphatic hydroxyl groups is 1. The topological polar surface area (TPSA) is 87.3 Å². The number of anilines is 1. The first kappa shape index (κ1) is 12.7. The number of nitrogens with two attached hydrogens (primary N) is 1. The SMILES string of the molecule is NNc1snnc1CN1CCCCCC1CO. The van der Waals surface area contributed by atoms with Crippen molar-refractivity contribution >= 4 is 16.5 Å². The maximum atomic E-state index is 9.43. The lowest BCUT2D eigenvalue weighted by molar-refractivity contribution is 0.117. The number of hydrogen-bond acceptors (Lipinski definition) is 7. The summed E-state index contributed by atoms with van der Waals surface area (Å²) in [6, 6.07) is 0.241. The lowest BCUT2D eigenvalue weighted by Gasteiger charge is -2.27. The molecule has 17 heavy (non-hydrogen) atoms. The van der Waals surface area contributed by atoms with Gasteiger partial charge in [0.05, 0.1) is 6.61 Å². The van der Waals surface area contributed by atoms with E-state index in [2.05, 4.69) is 19.9 Å². The van der Waals surface area contributed by atoms with Crippen LogP contribution in [0.25, 0.3) is 0 Å². The van der Waals surface area contributed by atoms with E-state index in [1.54, 1.807) is 0 Å². The van der Waals surface area contributed by atoms with Crippen LogP contribution in [0.1, 0.15) is 31.4 Å². The number of nitrogens with zero attached hydrogens (tertiary/aromatic N) is 3. The van der Waals surface area contributed by atoms with Crippen LogP contribution in [0.2, 0.25) is 0 Å². The van der Waals surface area contributed by atoms with Crippen LogP contribution in [0.15, 0.2) is 0 Å². The number of hydrazine groups is 1. The Morgan fingerprint density at radius 3 is 3.12 bits per heavy atom. The average molecular weight is 257 g/mol. The van der Waals surface area contributed by atoms with E-state index in [-0.39, 0.29) is 12.6 Å². The Labute approximate surface area is 105 Å². The molecule has 7 heteroatoms. The van der Waals surface area contributed by atoms with Gasteiger partial charge in [0.25, 0.3) is 0 Å². The maximum Gasteiger partial charge on any atom is 0.148 e. The molecule has 4 N–H and O–H groups in total. The minimum absolute atomic E-state index is 0.211. The Balaban J connectivity index is 2.04. The van der Waals surface area contributed by atoms with E-state index in [4.69, 9.17) is 5.84 Å². The van der Waals surface area contributed by atoms with Gasteiger partial charge in [0.2, 0.25) is 0 Å². The molecule has 1 aromatic heterocycles. The molecule has 2 rings (SSSR count). The molecule has 1 aromatic rings. The number of nitrogen functional groups attached to an aromatic ring is 1. The van der Waals surface area contributed by atoms with Crippen molar-refractivity contribution in [2.75, 3.05) is 18.6 Å². The molecular weight excluding hydrogens is 238 g/mol. The van der Waals surface area contributed by atoms with Crippen molar-refractivity contribution < 1.29 is 5.11 Å². The molecule has 0 bridgehead atoms. The molecule has 0 saturated carbocycles. The Bertz CT molecular complexity index is 345. The van der Waals surface area contributed by atoms with Gasteiger partial charge in [-0.05, 0) is 19.4 Å². The predicted molar refractivity (Wildman–Crippen MR) is 67.5 cm³/mol. The summed E-state index contributed by atoms with van der Waals surface area (Å²) in [6.45, 7) is 1.93. The minimum atomic E-state index is 0.211. The third kappa shape index (κ3) is 3.12. The maximum absolute atomic E-state index is 9.43. The van der Waals surface area contributed by atoms with Crippen LogP contribution < -0.4 is 11.3 Å². The van der Waals surface area contributed by atoms with Gasteiger partial charge in [0, 0.05) is 24.1 Å². The summed E-state index contributed by atoms with van der Waals surface area (Å²) in [5.41, 5.74) is 3.49. The fourth-order valence-electron chi connectivity index (χ4n) is 2.27. The van der Waals surface area contributed by atoms with E-state index in [0.29, 0.717) is 6.54 Å². The molecule has 1 aliphatic heterocycles. The fourth-order valence-corrected chi connectivity index (χ4v) is 2.75. The van der Waals surface area contributed by atoms with E-state index >= 15 is 0 Å². The zero-order chi connectivity index (χ0) is 12.1. The third-order valence-corrected chi connectivity index (χ3v) is 3.95. The zero-order valence-electron chi connectivity index (χ0n) is 9.80. The Kier molecular flexibility index (Phi) is 4.66. The fraction of sp³-hybridized carbons (Fsp3) is 0.800. The highest BCUT2D eigenvalue weighted by Crippen LogP contribution is 2.22. The molecule has 96 valence electrons. The second-order valence-corrected chi connectivity index (χ2v) is 5.10. The number of rotatable bonds is 4. The highest BCUT2D eigenvalue weighted by atomic mass is 32.1. The van der Waals surface area contributed by atoms with Crippen LogP contribution in [0.3, 0.4) is 0 Å². The molecule has 0 aromatic carbocycles. The number of aromatic nitrogens is 2. The van der Waals surface area contributed by atoms with Crippen LogP contribution in [-0.2, 0) is 6.54 Å². The summed E-state index contributed by atoms with van der Waals surface area (Å²) in [4.78, 5) is 2.28. The van der Waals surface area contributed by atoms with Crippen LogP contribution in [0.4, 0.5) is 5.00 Å². The van der Waals surface area contributed by atoms with Gasteiger partial charge in [-0.1, -0.05) is 17.3 Å². The van der Waals surface area contributed by atoms with Crippen molar-refractivity contribution in [1.82, 2.24) is 14.5 Å². The molecule has 1 aliphatic rings. The highest BCUT2D eigenvalue weighted by molar-refractivity contribution is 7.10. The van der Waals surface area contributed by atoms with Crippen LogP contribution in [0.5, 0.6) is 0 Å². The Morgan fingerprint density at radius 1 is 1.47 bits per heavy atom. The number of aliphatic hydroxyl groups excluding tert-OH is 1. The van der Waals surface area contributed by atoms with Gasteiger partial charge in [0.1, 0.15) is 10.7 Å². The van der Waals surface area contributed by atoms with Gasteiger partial charge < -0.3 is 10.5 Å². The average Bonchev–Trinajstić information content (AvgIpc) is 2.67. The summed E-state index contributed by atoms with van der Waals surface area (Å²) in [5.74, 6) is 5.41. The van der Waals surface area contributed by atoms with Gasteiger partial charge in [0.15, 0.2) is 0 Å². The smallest absolute Gasteiger partial charge is 0.148 e. The monoisotopic (exact) mass is 257 g/mol. The van der Waals surface area contributed by atoms with Crippen molar-refractivity contribution in [3.63, 3.8) is 0 Å². The zero-order valence-corrected chi connectivity index (χ0v) is 10.6. The van der Waals surface area contributed by atoms with E-state index in [0.717, 1.165) is 23.7 Å². The Morgan fingerprint density at radius 2 is 2.35 bits per heavy atom. The first-order valence-corrected chi connectivity index (χ1v) is 6.75. The predicted octanol–water partition coefficient (Wildman–Crippen LogP) is 0.561. The van der Waals surface area contributed by atoms with Crippen molar-refractivity contribution in [3.05, 3.63) is 5.69 Å². The number of nitrogens with one attached hydrogen (secondary N) is 1. The van der Waals surface area contributed by atoms with Gasteiger partial charge in [-0.25, -0.2) is 5.84 Å². The molecule has 1 fully saturated rings. The molecule has 2 heterocycles. The summed E-state index contributed by atoms with van der Waals surface area (Å²) < 4.78 is 3.89. The van der Waals surface area contributed by atoms with Gasteiger partial charge in [-0.2, -0.15) is 0 Å². The molecule has 1 unspecified atom stereocenters. The van der Waals surface area contributed by atoms with Crippen molar-refractivity contribution in [2.45, 2.75) is 38.3 Å². The van der Waals surface area contributed by atoms with Crippen LogP contribution in [-0.4, -0.2) is 38.8 Å². The number of likely N-dealkylation sites (tertiary alicyclic amines) is 1. The molecule has 0 amide bonds. The van der Waals surface area contributed by atoms with Crippen molar-refractivity contribution in [2.24, 2.45) is 5.84 Å². The van der Waals surface area contributed by atoms with E-state index in [1.807, 2.05) is 0 Å². The minimum Gasteiger partial charge on any atom is -0.395 e. The quantitative estimate of drug-likeness (QED) is 0.540. The first-order valence-electron chi connectivity index (χ1n) is 5.98. The summed E-state index contributed by atoms with van der Waals surface area (Å²) >= 11 is 1.27. The van der Waals surface area contributed by atoms with Crippen molar-refractivity contribution in [3.8, 4) is 0 Å². The lowest BCUT2D eigenvalue weighted by atomic mass is 10.1. The summed E-state index contributed by atoms with van der Waals surface area (Å²) in [6.07, 6.45) is 4.67. The van der Waals surface area contributed by atoms with Crippen LogP contribution in [0, 0.1) is 0 Å². The molecule has 0 radical (unpaired) electrons. The first-order chi connectivity index (χ1) is 8.35. The third-order valence-electron chi connectivity index (χ3n) is 3.25. The van der Waals surface area contributed by atoms with Gasteiger partial charge >= 0.3 is 0 Å². The normalized spacial score (nSPS) is 22.4. The molecule has 0 spiro atoms. The standard InChI is InChI=1S/C10H19N5OS/c11-12-10-9(13-14-17-10)6-15-5-3-1-2-4-8(15)7-16/h8,12,16H,1-7,11H2. The summed E-state index contributed by atoms with van der Waals surface area (Å²) in [5, 5.41) is 14.3. The highest BCUT2D eigenvalue weighted by Gasteiger charge is 2.22. The van der Waals surface area contributed by atoms with E-state index in [1.165, 1.54) is 30.8 Å². The van der Waals surface area contributed by atoms with Crippen LogP contribution >= 0.6 is 11.5 Å². The van der Waals surface area contributed by atoms with Crippen molar-refractivity contribution in [1.29, 1.82) is 0 Å². The molecule has 1 saturated heterocycles. The largest absolute Gasteiger partial charge is 0.395 e. The Hall–Kier alpha value is -0.760. The molecule has 1 atom stereocenters. The van der Waals surface area contributed by atoms with E-state index < -0.39 is 0 Å². The second kappa shape index (κ2) is 6.25. The number of hydrogen-bond donors (Lipinski definition) is 3. The molecule has 0 aliphatic carbocycles. The van der Waals surface area contributed by atoms with Gasteiger partial charge in [-0.15, -0.1) is 5.10 Å². The van der Waals surface area contributed by atoms with Gasteiger partial charge in [-0.3, -0.25) is 4.90 Å².